The van der Waals surface area contributed by atoms with Gasteiger partial charge in [0.15, 0.2) is 5.78 Å². The molecule has 1 aromatic rings. The van der Waals surface area contributed by atoms with Crippen molar-refractivity contribution in [2.75, 3.05) is 19.6 Å². The third kappa shape index (κ3) is 3.04. The van der Waals surface area contributed by atoms with Crippen molar-refractivity contribution in [1.82, 2.24) is 4.90 Å². The van der Waals surface area contributed by atoms with Crippen LogP contribution in [0.3, 0.4) is 0 Å². The summed E-state index contributed by atoms with van der Waals surface area (Å²) in [6, 6.07) is 8.01. The molecule has 3 heteroatoms. The van der Waals surface area contributed by atoms with Gasteiger partial charge in [0.25, 0.3) is 0 Å². The number of rotatable bonds is 4. The van der Waals surface area contributed by atoms with E-state index in [1.807, 2.05) is 12.1 Å². The van der Waals surface area contributed by atoms with Crippen LogP contribution in [-0.2, 0) is 0 Å². The number of hydrogen-bond acceptors (Lipinski definition) is 3. The lowest BCUT2D eigenvalue weighted by Crippen LogP contribution is -2.30. The highest BCUT2D eigenvalue weighted by Gasteiger charge is 2.41. The summed E-state index contributed by atoms with van der Waals surface area (Å²) in [4.78, 5) is 14.6. The van der Waals surface area contributed by atoms with Gasteiger partial charge < -0.3 is 5.11 Å². The van der Waals surface area contributed by atoms with Crippen molar-refractivity contribution in [3.05, 3.63) is 35.4 Å². The van der Waals surface area contributed by atoms with Crippen LogP contribution >= 0.6 is 0 Å². The lowest BCUT2D eigenvalue weighted by atomic mass is 10.00. The van der Waals surface area contributed by atoms with Crippen LogP contribution in [0.4, 0.5) is 0 Å². The minimum atomic E-state index is -0.152. The Bertz CT molecular complexity index is 508. The third-order valence-corrected chi connectivity index (χ3v) is 5.16. The fourth-order valence-corrected chi connectivity index (χ4v) is 3.81. The molecule has 114 valence electrons. The van der Waals surface area contributed by atoms with E-state index >= 15 is 0 Å². The number of ketones is 1. The average molecular weight is 287 g/mol. The second-order valence-electron chi connectivity index (χ2n) is 6.96. The number of benzene rings is 1. The number of aliphatic hydroxyl groups excluding tert-OH is 1. The van der Waals surface area contributed by atoms with Crippen molar-refractivity contribution in [1.29, 1.82) is 0 Å². The first kappa shape index (κ1) is 14.7. The Morgan fingerprint density at radius 1 is 1.24 bits per heavy atom. The van der Waals surface area contributed by atoms with E-state index in [0.29, 0.717) is 24.3 Å². The number of fused-ring (bicyclic) bond motifs is 1. The van der Waals surface area contributed by atoms with Gasteiger partial charge in [-0.05, 0) is 30.2 Å². The molecule has 1 aliphatic heterocycles. The van der Waals surface area contributed by atoms with Crippen LogP contribution in [0.5, 0.6) is 0 Å². The van der Waals surface area contributed by atoms with Gasteiger partial charge in [0, 0.05) is 24.6 Å². The molecule has 3 atom stereocenters. The Kier molecular flexibility index (Phi) is 4.14. The SMILES string of the molecule is CC(C)c1ccc(C(=O)CN2CC3CCC(O)C3C2)cc1. The maximum Gasteiger partial charge on any atom is 0.176 e. The van der Waals surface area contributed by atoms with Crippen LogP contribution in [0.25, 0.3) is 0 Å². The quantitative estimate of drug-likeness (QED) is 0.866. The van der Waals surface area contributed by atoms with Crippen LogP contribution in [0.2, 0.25) is 0 Å². The fraction of sp³-hybridized carbons (Fsp3) is 0.611. The van der Waals surface area contributed by atoms with Crippen LogP contribution in [0.1, 0.15) is 48.5 Å². The van der Waals surface area contributed by atoms with Gasteiger partial charge >= 0.3 is 0 Å². The standard InChI is InChI=1S/C18H25NO2/c1-12(2)13-3-5-14(6-4-13)18(21)11-19-9-15-7-8-17(20)16(15)10-19/h3-6,12,15-17,20H,7-11H2,1-2H3. The molecule has 2 aliphatic rings. The van der Waals surface area contributed by atoms with E-state index in [2.05, 4.69) is 30.9 Å². The van der Waals surface area contributed by atoms with Crippen LogP contribution < -0.4 is 0 Å². The molecule has 0 radical (unpaired) electrons. The normalized spacial score (nSPS) is 29.0. The van der Waals surface area contributed by atoms with Crippen LogP contribution in [0.15, 0.2) is 24.3 Å². The molecule has 21 heavy (non-hydrogen) atoms. The van der Waals surface area contributed by atoms with Crippen molar-refractivity contribution in [2.45, 2.75) is 38.7 Å². The van der Waals surface area contributed by atoms with E-state index in [-0.39, 0.29) is 11.9 Å². The molecular weight excluding hydrogens is 262 g/mol. The summed E-state index contributed by atoms with van der Waals surface area (Å²) in [5.74, 6) is 1.67. The van der Waals surface area contributed by atoms with Crippen molar-refractivity contribution >= 4 is 5.78 Å². The zero-order chi connectivity index (χ0) is 15.0. The molecule has 0 spiro atoms. The van der Waals surface area contributed by atoms with Crippen LogP contribution in [0, 0.1) is 11.8 Å². The van der Waals surface area contributed by atoms with Gasteiger partial charge in [-0.1, -0.05) is 38.1 Å². The summed E-state index contributed by atoms with van der Waals surface area (Å²) in [7, 11) is 0. The zero-order valence-corrected chi connectivity index (χ0v) is 13.0. The highest BCUT2D eigenvalue weighted by Crippen LogP contribution is 2.37. The minimum absolute atomic E-state index is 0.152. The van der Waals surface area contributed by atoms with Crippen LogP contribution in [-0.4, -0.2) is 41.5 Å². The molecule has 0 amide bonds. The summed E-state index contributed by atoms with van der Waals surface area (Å²) < 4.78 is 0. The van der Waals surface area contributed by atoms with Crippen molar-refractivity contribution in [3.8, 4) is 0 Å². The number of Topliss-reactive ketones (excluding diaryl/α,β-unsaturated/α-hetero) is 1. The molecule has 1 saturated carbocycles. The number of likely N-dealkylation sites (tertiary alicyclic amines) is 1. The Morgan fingerprint density at radius 2 is 1.95 bits per heavy atom. The maximum absolute atomic E-state index is 12.4. The number of hydrogen-bond donors (Lipinski definition) is 1. The van der Waals surface area contributed by atoms with Gasteiger partial charge in [-0.3, -0.25) is 9.69 Å². The second kappa shape index (κ2) is 5.90. The second-order valence-corrected chi connectivity index (χ2v) is 6.96. The Morgan fingerprint density at radius 3 is 2.57 bits per heavy atom. The van der Waals surface area contributed by atoms with Crippen molar-refractivity contribution < 1.29 is 9.90 Å². The molecule has 3 rings (SSSR count). The van der Waals surface area contributed by atoms with E-state index in [0.717, 1.165) is 31.5 Å². The molecule has 3 nitrogen and oxygen atoms in total. The molecule has 1 heterocycles. The van der Waals surface area contributed by atoms with Crippen molar-refractivity contribution in [3.63, 3.8) is 0 Å². The molecule has 0 bridgehead atoms. The monoisotopic (exact) mass is 287 g/mol. The van der Waals surface area contributed by atoms with E-state index in [4.69, 9.17) is 0 Å². The first-order chi connectivity index (χ1) is 10.0. The molecule has 1 N–H and O–H groups in total. The van der Waals surface area contributed by atoms with E-state index in [1.165, 1.54) is 5.56 Å². The number of aliphatic hydroxyl groups is 1. The number of carbonyl (C=O) groups excluding carboxylic acids is 1. The Hall–Kier alpha value is -1.19. The van der Waals surface area contributed by atoms with E-state index in [1.54, 1.807) is 0 Å². The number of nitrogens with zero attached hydrogens (tertiary/aromatic N) is 1. The summed E-state index contributed by atoms with van der Waals surface area (Å²) in [5, 5.41) is 9.94. The van der Waals surface area contributed by atoms with Gasteiger partial charge in [0.05, 0.1) is 12.6 Å². The topological polar surface area (TPSA) is 40.5 Å². The molecule has 0 aromatic heterocycles. The smallest absolute Gasteiger partial charge is 0.176 e. The van der Waals surface area contributed by atoms with E-state index in [9.17, 15) is 9.90 Å². The molecule has 3 unspecified atom stereocenters. The van der Waals surface area contributed by atoms with Gasteiger partial charge in [0.2, 0.25) is 0 Å². The van der Waals surface area contributed by atoms with E-state index < -0.39 is 0 Å². The summed E-state index contributed by atoms with van der Waals surface area (Å²) in [6.45, 7) is 6.65. The highest BCUT2D eigenvalue weighted by atomic mass is 16.3. The summed E-state index contributed by atoms with van der Waals surface area (Å²) in [6.07, 6.45) is 1.90. The highest BCUT2D eigenvalue weighted by molar-refractivity contribution is 5.97. The summed E-state index contributed by atoms with van der Waals surface area (Å²) >= 11 is 0. The van der Waals surface area contributed by atoms with Gasteiger partial charge in [-0.15, -0.1) is 0 Å². The largest absolute Gasteiger partial charge is 0.393 e. The first-order valence-electron chi connectivity index (χ1n) is 8.08. The minimum Gasteiger partial charge on any atom is -0.393 e. The number of carbonyl (C=O) groups is 1. The fourth-order valence-electron chi connectivity index (χ4n) is 3.81. The molecule has 1 aliphatic carbocycles. The third-order valence-electron chi connectivity index (χ3n) is 5.16. The molecule has 2 fully saturated rings. The lowest BCUT2D eigenvalue weighted by molar-refractivity contribution is 0.0920. The Balaban J connectivity index is 1.59. The lowest BCUT2D eigenvalue weighted by Gasteiger charge is -2.17. The predicted octanol–water partition coefficient (Wildman–Crippen LogP) is 2.70. The van der Waals surface area contributed by atoms with Crippen molar-refractivity contribution in [2.24, 2.45) is 11.8 Å². The predicted molar refractivity (Wildman–Crippen MR) is 83.5 cm³/mol. The molecule has 1 aromatic carbocycles. The first-order valence-corrected chi connectivity index (χ1v) is 8.08. The average Bonchev–Trinajstić information content (AvgIpc) is 3.01. The Labute approximate surface area is 127 Å². The van der Waals surface area contributed by atoms with Gasteiger partial charge in [-0.2, -0.15) is 0 Å². The molecule has 1 saturated heterocycles. The van der Waals surface area contributed by atoms with Gasteiger partial charge in [0.1, 0.15) is 0 Å². The maximum atomic E-state index is 12.4. The van der Waals surface area contributed by atoms with Gasteiger partial charge in [-0.25, -0.2) is 0 Å². The zero-order valence-electron chi connectivity index (χ0n) is 13.0. The molecular formula is C18H25NO2. The summed E-state index contributed by atoms with van der Waals surface area (Å²) in [5.41, 5.74) is 2.07.